The highest BCUT2D eigenvalue weighted by atomic mass is 35.5. The molecule has 326 valence electrons. The maximum absolute atomic E-state index is 6.30. The lowest BCUT2D eigenvalue weighted by Crippen LogP contribution is -2.58. The molecule has 0 spiro atoms. The summed E-state index contributed by atoms with van der Waals surface area (Å²) in [6, 6.07) is 3.69. The molecule has 22 heteroatoms. The molecule has 0 aromatic rings. The fourth-order valence-corrected chi connectivity index (χ4v) is 15.9. The molecule has 0 radical (unpaired) electrons. The van der Waals surface area contributed by atoms with Gasteiger partial charge in [0.05, 0.1) is 14.0 Å². The van der Waals surface area contributed by atoms with E-state index in [9.17, 15) is 0 Å². The molecule has 0 aromatic heterocycles. The second-order valence-electron chi connectivity index (χ2n) is 13.3. The molecule has 0 aromatic carbocycles. The van der Waals surface area contributed by atoms with Crippen molar-refractivity contribution >= 4 is 67.9 Å². The van der Waals surface area contributed by atoms with Crippen LogP contribution in [0.15, 0.2) is 0 Å². The van der Waals surface area contributed by atoms with Crippen molar-refractivity contribution in [1.29, 1.82) is 0 Å². The van der Waals surface area contributed by atoms with Crippen LogP contribution >= 0.6 is 23.2 Å². The highest BCUT2D eigenvalue weighted by Gasteiger charge is 2.45. The van der Waals surface area contributed by atoms with Crippen LogP contribution in [0.1, 0.15) is 44.9 Å². The van der Waals surface area contributed by atoms with Gasteiger partial charge in [-0.3, -0.25) is 4.90 Å². The predicted molar refractivity (Wildman–Crippen MR) is 227 cm³/mol. The average molecular weight is 907 g/mol. The second-order valence-corrected chi connectivity index (χ2v) is 30.0. The zero-order valence-corrected chi connectivity index (χ0v) is 42.6. The van der Waals surface area contributed by atoms with E-state index in [1.165, 1.54) is 0 Å². The molecule has 54 heavy (non-hydrogen) atoms. The monoisotopic (exact) mass is 905 g/mol. The summed E-state index contributed by atoms with van der Waals surface area (Å²) < 4.78 is 70.1. The third-order valence-electron chi connectivity index (χ3n) is 10.6. The average Bonchev–Trinajstić information content (AvgIpc) is 3.20. The summed E-state index contributed by atoms with van der Waals surface area (Å²) in [4.78, 5) is 5.15. The van der Waals surface area contributed by atoms with Crippen LogP contribution in [0.3, 0.4) is 0 Å². The van der Waals surface area contributed by atoms with Crippen LogP contribution in [-0.4, -0.2) is 189 Å². The quantitative estimate of drug-likeness (QED) is 0.0544. The smallest absolute Gasteiger partial charge is 0.377 e. The van der Waals surface area contributed by atoms with E-state index in [0.717, 1.165) is 83.7 Å². The first kappa shape index (κ1) is 55.1. The minimum atomic E-state index is -2.87. The minimum Gasteiger partial charge on any atom is -0.377 e. The van der Waals surface area contributed by atoms with Gasteiger partial charge in [-0.15, -0.1) is 23.2 Å². The van der Waals surface area contributed by atoms with E-state index in [2.05, 4.69) is 9.80 Å². The molecule has 0 rings (SSSR count). The Morgan fingerprint density at radius 3 is 1.13 bits per heavy atom. The van der Waals surface area contributed by atoms with E-state index in [-0.39, 0.29) is 10.00 Å². The summed E-state index contributed by atoms with van der Waals surface area (Å²) in [7, 11) is 7.93. The Bertz CT molecular complexity index is 834. The van der Waals surface area contributed by atoms with Gasteiger partial charge in [0.25, 0.3) is 0 Å². The maximum atomic E-state index is 6.30. The Hall–Kier alpha value is 1.06. The number of hydrogen-bond donors (Lipinski definition) is 1. The van der Waals surface area contributed by atoms with E-state index < -0.39 is 44.7 Å². The van der Waals surface area contributed by atoms with E-state index >= 15 is 0 Å². The van der Waals surface area contributed by atoms with Crippen LogP contribution in [-0.2, 0) is 53.1 Å². The lowest BCUT2D eigenvalue weighted by molar-refractivity contribution is 0.0245. The molecule has 0 unspecified atom stereocenters. The lowest BCUT2D eigenvalue weighted by Gasteiger charge is -2.48. The first-order valence-electron chi connectivity index (χ1n) is 18.9. The number of nitrogens with zero attached hydrogens (tertiary/aromatic N) is 2. The molecule has 0 aliphatic rings. The van der Waals surface area contributed by atoms with Crippen LogP contribution in [0.5, 0.6) is 0 Å². The Kier molecular flexibility index (Phi) is 30.7. The topological polar surface area (TPSA) is 143 Å². The molecular formula is C32H77Cl2N3O12Si5. The summed E-state index contributed by atoms with van der Waals surface area (Å²) >= 11 is 12.3. The van der Waals surface area contributed by atoms with E-state index in [0.29, 0.717) is 30.7 Å². The lowest BCUT2D eigenvalue weighted by atomic mass is 9.85. The van der Waals surface area contributed by atoms with Crippen molar-refractivity contribution in [2.24, 2.45) is 5.73 Å². The van der Waals surface area contributed by atoms with Gasteiger partial charge in [0.2, 0.25) is 0 Å². The van der Waals surface area contributed by atoms with Crippen LogP contribution in [0, 0.1) is 0 Å². The fraction of sp³-hybridized carbons (Fsp3) is 1.00. The van der Waals surface area contributed by atoms with Crippen molar-refractivity contribution in [1.82, 2.24) is 9.80 Å². The summed E-state index contributed by atoms with van der Waals surface area (Å²) in [6.07, 6.45) is 5.88. The van der Waals surface area contributed by atoms with Crippen LogP contribution in [0.2, 0.25) is 30.2 Å². The van der Waals surface area contributed by atoms with Gasteiger partial charge in [-0.2, -0.15) is 0 Å². The van der Waals surface area contributed by atoms with Gasteiger partial charge in [-0.1, -0.05) is 6.04 Å². The van der Waals surface area contributed by atoms with Crippen LogP contribution < -0.4 is 5.73 Å². The van der Waals surface area contributed by atoms with E-state index in [4.69, 9.17) is 82.0 Å². The van der Waals surface area contributed by atoms with Gasteiger partial charge in [0.15, 0.2) is 0 Å². The maximum Gasteiger partial charge on any atom is 0.500 e. The molecule has 0 atom stereocenters. The largest absolute Gasteiger partial charge is 0.500 e. The van der Waals surface area contributed by atoms with Crippen molar-refractivity contribution in [2.75, 3.05) is 125 Å². The van der Waals surface area contributed by atoms with Crippen LogP contribution in [0.25, 0.3) is 0 Å². The first-order chi connectivity index (χ1) is 25.8. The SMILES string of the molecule is CO[Si](CCCN(CCC[Si](OC)(OC)OC)C(CCC[Si](OC)(OC)OC)(CCC[Si](OC)(OC)OC)CN(CCN)CCC[SiH2]C(Cl)Cl)(OC)OC. The molecule has 15 nitrogen and oxygen atoms in total. The van der Waals surface area contributed by atoms with Crippen molar-refractivity contribution in [2.45, 2.75) is 85.2 Å². The van der Waals surface area contributed by atoms with Gasteiger partial charge in [0.1, 0.15) is 0 Å². The van der Waals surface area contributed by atoms with Gasteiger partial charge in [-0.05, 0) is 64.6 Å². The van der Waals surface area contributed by atoms with E-state index in [1.54, 1.807) is 85.3 Å². The Balaban J connectivity index is 7.31. The van der Waals surface area contributed by atoms with Crippen LogP contribution in [0.4, 0.5) is 0 Å². The van der Waals surface area contributed by atoms with Crippen molar-refractivity contribution < 1.29 is 53.1 Å². The molecule has 0 heterocycles. The zero-order valence-electron chi connectivity index (χ0n) is 35.6. The molecule has 0 amide bonds. The highest BCUT2D eigenvalue weighted by molar-refractivity contribution is 6.68. The summed E-state index contributed by atoms with van der Waals surface area (Å²) in [5, 5.41) is 0. The Morgan fingerprint density at radius 1 is 0.500 bits per heavy atom. The summed E-state index contributed by atoms with van der Waals surface area (Å²) in [5.74, 6) is 0. The third-order valence-corrected chi connectivity index (χ3v) is 24.6. The predicted octanol–water partition coefficient (Wildman–Crippen LogP) is 3.88. The minimum absolute atomic E-state index is 0.245. The molecule has 0 aliphatic heterocycles. The third kappa shape index (κ3) is 18.5. The highest BCUT2D eigenvalue weighted by Crippen LogP contribution is 2.35. The fourth-order valence-electron chi connectivity index (χ4n) is 7.25. The Labute approximate surface area is 344 Å². The van der Waals surface area contributed by atoms with E-state index in [1.807, 2.05) is 0 Å². The van der Waals surface area contributed by atoms with Gasteiger partial charge in [-0.25, -0.2) is 0 Å². The Morgan fingerprint density at radius 2 is 0.833 bits per heavy atom. The summed E-state index contributed by atoms with van der Waals surface area (Å²) in [6.45, 7) is 4.48. The van der Waals surface area contributed by atoms with Crippen molar-refractivity contribution in [3.05, 3.63) is 0 Å². The van der Waals surface area contributed by atoms with Crippen molar-refractivity contribution in [3.8, 4) is 0 Å². The molecule has 0 saturated heterocycles. The number of hydrogen-bond acceptors (Lipinski definition) is 15. The van der Waals surface area contributed by atoms with Gasteiger partial charge >= 0.3 is 35.2 Å². The standard InChI is InChI=1S/C32H77Cl2N3O12Si5/c1-38-51(39-2,40-3)26-13-18-32(19-14-27-52(41-4,42-5)43-6,30-36(24-20-35)21-15-25-50-31(33)34)37(22-16-28-53(44-7,45-8)46-9)23-17-29-54(47-10,48-11)49-12/h31H,13-30,35,50H2,1-12H3. The normalized spacial score (nSPS) is 13.9. The van der Waals surface area contributed by atoms with Gasteiger partial charge in [0, 0.05) is 135 Å². The summed E-state index contributed by atoms with van der Waals surface area (Å²) in [5.41, 5.74) is 5.96. The molecule has 0 bridgehead atoms. The molecule has 2 N–H and O–H groups in total. The van der Waals surface area contributed by atoms with Gasteiger partial charge < -0.3 is 63.7 Å². The molecule has 0 fully saturated rings. The first-order valence-corrected chi connectivity index (χ1v) is 29.3. The van der Waals surface area contributed by atoms with Crippen molar-refractivity contribution in [3.63, 3.8) is 0 Å². The number of rotatable bonds is 38. The number of nitrogens with two attached hydrogens (primary N) is 1. The zero-order chi connectivity index (χ0) is 41.2. The number of halogens is 2. The molecule has 0 aliphatic carbocycles. The molecular weight excluding hydrogens is 830 g/mol. The molecule has 0 saturated carbocycles. The number of alkyl halides is 2. The second kappa shape index (κ2) is 30.1.